The summed E-state index contributed by atoms with van der Waals surface area (Å²) in [7, 11) is 0. The summed E-state index contributed by atoms with van der Waals surface area (Å²) in [5.41, 5.74) is 0.326. The fraction of sp³-hybridized carbons (Fsp3) is 0.333. The lowest BCUT2D eigenvalue weighted by molar-refractivity contribution is 0.0746. The second-order valence-corrected chi connectivity index (χ2v) is 6.57. The largest absolute Gasteiger partial charge is 0.508 e. The minimum atomic E-state index is -1.18. The van der Waals surface area contributed by atoms with Crippen LogP contribution < -0.4 is 0 Å². The third-order valence-corrected chi connectivity index (χ3v) is 4.46. The van der Waals surface area contributed by atoms with Gasteiger partial charge < -0.3 is 10.2 Å². The second-order valence-electron chi connectivity index (χ2n) is 6.14. The standard InChI is InChI=1S/C21H25ClO2/c1-2-3-4-7-15-21(24,19-8-5-6-9-20(19)23)16-14-17-10-12-18(22)13-11-17/h5-6,8-14,16,23-24H,2-4,7,15H2,1H3/b16-14+. The molecule has 24 heavy (non-hydrogen) atoms. The first-order valence-corrected chi connectivity index (χ1v) is 8.88. The van der Waals surface area contributed by atoms with Crippen LogP contribution in [0.2, 0.25) is 5.02 Å². The second kappa shape index (κ2) is 8.91. The number of unbranched alkanes of at least 4 members (excludes halogenated alkanes) is 3. The molecule has 0 amide bonds. The van der Waals surface area contributed by atoms with Gasteiger partial charge >= 0.3 is 0 Å². The Morgan fingerprint density at radius 1 is 1.00 bits per heavy atom. The molecule has 0 aromatic heterocycles. The van der Waals surface area contributed by atoms with Gasteiger partial charge in [-0.2, -0.15) is 0 Å². The Kier molecular flexibility index (Phi) is 6.89. The zero-order valence-electron chi connectivity index (χ0n) is 14.1. The maximum absolute atomic E-state index is 11.2. The van der Waals surface area contributed by atoms with E-state index in [1.165, 1.54) is 0 Å². The van der Waals surface area contributed by atoms with Crippen LogP contribution in [-0.4, -0.2) is 10.2 Å². The molecule has 0 radical (unpaired) electrons. The molecule has 0 saturated heterocycles. The van der Waals surface area contributed by atoms with E-state index in [0.29, 0.717) is 17.0 Å². The molecule has 128 valence electrons. The molecule has 0 aliphatic heterocycles. The van der Waals surface area contributed by atoms with E-state index in [-0.39, 0.29) is 5.75 Å². The Morgan fingerprint density at radius 2 is 1.71 bits per heavy atom. The quantitative estimate of drug-likeness (QED) is 0.584. The summed E-state index contributed by atoms with van der Waals surface area (Å²) in [6, 6.07) is 14.4. The van der Waals surface area contributed by atoms with Gasteiger partial charge in [0, 0.05) is 10.6 Å². The number of aliphatic hydroxyl groups is 1. The zero-order chi connectivity index (χ0) is 17.4. The van der Waals surface area contributed by atoms with E-state index >= 15 is 0 Å². The molecule has 0 bridgehead atoms. The first kappa shape index (κ1) is 18.6. The number of benzene rings is 2. The molecule has 0 saturated carbocycles. The monoisotopic (exact) mass is 344 g/mol. The van der Waals surface area contributed by atoms with Gasteiger partial charge in [0.2, 0.25) is 0 Å². The van der Waals surface area contributed by atoms with Crippen molar-refractivity contribution in [3.05, 3.63) is 70.8 Å². The minimum Gasteiger partial charge on any atom is -0.508 e. The van der Waals surface area contributed by atoms with Crippen LogP contribution in [0, 0.1) is 0 Å². The predicted molar refractivity (Wildman–Crippen MR) is 101 cm³/mol. The van der Waals surface area contributed by atoms with Gasteiger partial charge in [-0.15, -0.1) is 0 Å². The molecule has 3 heteroatoms. The minimum absolute atomic E-state index is 0.122. The third kappa shape index (κ3) is 5.12. The Bertz CT molecular complexity index is 664. The number of halogens is 1. The van der Waals surface area contributed by atoms with Gasteiger partial charge in [-0.1, -0.05) is 74.2 Å². The highest BCUT2D eigenvalue weighted by Gasteiger charge is 2.28. The maximum atomic E-state index is 11.2. The number of aromatic hydroxyl groups is 1. The summed E-state index contributed by atoms with van der Waals surface area (Å²) in [5, 5.41) is 22.1. The average molecular weight is 345 g/mol. The lowest BCUT2D eigenvalue weighted by Gasteiger charge is -2.26. The molecule has 2 nitrogen and oxygen atoms in total. The fourth-order valence-corrected chi connectivity index (χ4v) is 2.90. The number of phenols is 1. The lowest BCUT2D eigenvalue weighted by atomic mass is 9.86. The number of rotatable bonds is 8. The molecule has 0 spiro atoms. The van der Waals surface area contributed by atoms with E-state index in [1.807, 2.05) is 36.4 Å². The summed E-state index contributed by atoms with van der Waals surface area (Å²) in [6.45, 7) is 2.16. The number of phenolic OH excluding ortho intramolecular Hbond substituents is 1. The van der Waals surface area contributed by atoms with Crippen LogP contribution in [0.15, 0.2) is 54.6 Å². The first-order chi connectivity index (χ1) is 11.5. The van der Waals surface area contributed by atoms with Gasteiger partial charge in [-0.25, -0.2) is 0 Å². The van der Waals surface area contributed by atoms with Gasteiger partial charge in [0.25, 0.3) is 0 Å². The highest BCUT2D eigenvalue weighted by atomic mass is 35.5. The van der Waals surface area contributed by atoms with Crippen molar-refractivity contribution < 1.29 is 10.2 Å². The van der Waals surface area contributed by atoms with Gasteiger partial charge in [0.15, 0.2) is 0 Å². The number of hydrogen-bond acceptors (Lipinski definition) is 2. The summed E-state index contributed by atoms with van der Waals surface area (Å²) in [5.74, 6) is 0.122. The number of hydrogen-bond donors (Lipinski definition) is 2. The van der Waals surface area contributed by atoms with Crippen LogP contribution in [0.3, 0.4) is 0 Å². The molecule has 2 N–H and O–H groups in total. The number of para-hydroxylation sites is 1. The van der Waals surface area contributed by atoms with Crippen LogP contribution in [-0.2, 0) is 5.60 Å². The fourth-order valence-electron chi connectivity index (χ4n) is 2.78. The van der Waals surface area contributed by atoms with Crippen molar-refractivity contribution in [3.8, 4) is 5.75 Å². The van der Waals surface area contributed by atoms with Crippen LogP contribution in [0.25, 0.3) is 6.08 Å². The summed E-state index contributed by atoms with van der Waals surface area (Å²) < 4.78 is 0. The van der Waals surface area contributed by atoms with E-state index < -0.39 is 5.60 Å². The predicted octanol–water partition coefficient (Wildman–Crippen LogP) is 5.92. The van der Waals surface area contributed by atoms with Crippen LogP contribution in [0.1, 0.15) is 50.2 Å². The van der Waals surface area contributed by atoms with Crippen molar-refractivity contribution in [2.45, 2.75) is 44.6 Å². The molecule has 0 fully saturated rings. The van der Waals surface area contributed by atoms with Crippen LogP contribution >= 0.6 is 11.6 Å². The molecule has 0 aliphatic rings. The molecular weight excluding hydrogens is 320 g/mol. The van der Waals surface area contributed by atoms with E-state index in [2.05, 4.69) is 6.92 Å². The van der Waals surface area contributed by atoms with Crippen LogP contribution in [0.4, 0.5) is 0 Å². The molecule has 0 heterocycles. The Balaban J connectivity index is 2.24. The Hall–Kier alpha value is -1.77. The van der Waals surface area contributed by atoms with E-state index in [1.54, 1.807) is 24.3 Å². The highest BCUT2D eigenvalue weighted by molar-refractivity contribution is 6.30. The van der Waals surface area contributed by atoms with Crippen molar-refractivity contribution in [3.63, 3.8) is 0 Å². The smallest absolute Gasteiger partial charge is 0.121 e. The SMILES string of the molecule is CCCCCCC(O)(/C=C/c1ccc(Cl)cc1)c1ccccc1O. The summed E-state index contributed by atoms with van der Waals surface area (Å²) >= 11 is 5.91. The van der Waals surface area contributed by atoms with Crippen LogP contribution in [0.5, 0.6) is 5.75 Å². The van der Waals surface area contributed by atoms with Crippen molar-refractivity contribution in [1.82, 2.24) is 0 Å². The summed E-state index contributed by atoms with van der Waals surface area (Å²) in [6.07, 6.45) is 8.51. The van der Waals surface area contributed by atoms with Gasteiger partial charge in [-0.3, -0.25) is 0 Å². The Morgan fingerprint density at radius 3 is 2.38 bits per heavy atom. The van der Waals surface area contributed by atoms with E-state index in [4.69, 9.17) is 11.6 Å². The van der Waals surface area contributed by atoms with Crippen molar-refractivity contribution >= 4 is 17.7 Å². The van der Waals surface area contributed by atoms with Gasteiger partial charge in [0.05, 0.1) is 0 Å². The molecule has 2 aromatic carbocycles. The summed E-state index contributed by atoms with van der Waals surface area (Å²) in [4.78, 5) is 0. The average Bonchev–Trinajstić information content (AvgIpc) is 2.59. The molecule has 0 aliphatic carbocycles. The third-order valence-electron chi connectivity index (χ3n) is 4.20. The van der Waals surface area contributed by atoms with E-state index in [0.717, 1.165) is 31.2 Å². The topological polar surface area (TPSA) is 40.5 Å². The maximum Gasteiger partial charge on any atom is 0.121 e. The Labute approximate surface area is 149 Å². The zero-order valence-corrected chi connectivity index (χ0v) is 14.8. The lowest BCUT2D eigenvalue weighted by Crippen LogP contribution is -2.23. The van der Waals surface area contributed by atoms with E-state index in [9.17, 15) is 10.2 Å². The molecule has 2 rings (SSSR count). The van der Waals surface area contributed by atoms with Crippen molar-refractivity contribution in [2.75, 3.05) is 0 Å². The first-order valence-electron chi connectivity index (χ1n) is 8.51. The molecule has 2 aromatic rings. The molecule has 1 atom stereocenters. The van der Waals surface area contributed by atoms with Gasteiger partial charge in [0.1, 0.15) is 11.4 Å². The van der Waals surface area contributed by atoms with Gasteiger partial charge in [-0.05, 0) is 42.7 Å². The van der Waals surface area contributed by atoms with Crippen molar-refractivity contribution in [1.29, 1.82) is 0 Å². The molecular formula is C21H25ClO2. The normalized spacial score (nSPS) is 14.0. The highest BCUT2D eigenvalue weighted by Crippen LogP contribution is 2.35. The van der Waals surface area contributed by atoms with Crippen molar-refractivity contribution in [2.24, 2.45) is 0 Å². The molecule has 1 unspecified atom stereocenters.